The summed E-state index contributed by atoms with van der Waals surface area (Å²) in [6.07, 6.45) is 4.21. The number of methoxy groups -OCH3 is 1. The summed E-state index contributed by atoms with van der Waals surface area (Å²) in [5, 5.41) is 20.8. The maximum absolute atomic E-state index is 12.3. The number of carbonyl (C=O) groups excluding carboxylic acids is 1. The highest BCUT2D eigenvalue weighted by atomic mass is 16.5. The normalized spacial score (nSPS) is 19.4. The molecule has 1 aliphatic heterocycles. The molecule has 2 fully saturated rings. The van der Waals surface area contributed by atoms with Crippen LogP contribution in [0.5, 0.6) is 5.75 Å². The van der Waals surface area contributed by atoms with Crippen LogP contribution in [0.3, 0.4) is 0 Å². The van der Waals surface area contributed by atoms with Gasteiger partial charge in [0.25, 0.3) is 5.91 Å². The number of ether oxygens (including phenoxy) is 1. The van der Waals surface area contributed by atoms with Crippen molar-refractivity contribution < 1.29 is 19.7 Å². The Balaban J connectivity index is 1.25. The quantitative estimate of drug-likeness (QED) is 0.650. The summed E-state index contributed by atoms with van der Waals surface area (Å²) >= 11 is 0. The SMILES string of the molecule is COc1ccc2nc(-c3ccc(C(O)N4CCN(C(=O)C5(O)CC5)CC4)cc3)cn2c1. The second-order valence-electron chi connectivity index (χ2n) is 8.32. The van der Waals surface area contributed by atoms with E-state index in [0.29, 0.717) is 39.0 Å². The van der Waals surface area contributed by atoms with E-state index in [1.54, 1.807) is 12.0 Å². The van der Waals surface area contributed by atoms with E-state index >= 15 is 0 Å². The molecule has 1 unspecified atom stereocenters. The van der Waals surface area contributed by atoms with Crippen LogP contribution in [0.1, 0.15) is 24.6 Å². The number of aliphatic hydroxyl groups excluding tert-OH is 1. The first-order chi connectivity index (χ1) is 15.0. The molecule has 2 N–H and O–H groups in total. The van der Waals surface area contributed by atoms with Gasteiger partial charge in [-0.05, 0) is 30.5 Å². The predicted octanol–water partition coefficient (Wildman–Crippen LogP) is 1.67. The first-order valence-electron chi connectivity index (χ1n) is 10.5. The van der Waals surface area contributed by atoms with Crippen LogP contribution in [-0.2, 0) is 4.79 Å². The summed E-state index contributed by atoms with van der Waals surface area (Å²) in [5.41, 5.74) is 2.32. The number of amides is 1. The first kappa shape index (κ1) is 20.0. The molecule has 1 aromatic carbocycles. The number of hydrogen-bond donors (Lipinski definition) is 2. The monoisotopic (exact) mass is 422 g/mol. The molecule has 8 nitrogen and oxygen atoms in total. The van der Waals surface area contributed by atoms with Gasteiger partial charge in [-0.1, -0.05) is 24.3 Å². The van der Waals surface area contributed by atoms with Crippen LogP contribution in [-0.4, -0.2) is 74.2 Å². The van der Waals surface area contributed by atoms with Gasteiger partial charge in [0.2, 0.25) is 0 Å². The van der Waals surface area contributed by atoms with Crippen LogP contribution < -0.4 is 4.74 Å². The number of aliphatic hydroxyl groups is 2. The molecule has 0 radical (unpaired) electrons. The number of piperazine rings is 1. The van der Waals surface area contributed by atoms with Crippen LogP contribution in [0, 0.1) is 0 Å². The number of pyridine rings is 1. The van der Waals surface area contributed by atoms with Crippen LogP contribution in [0.25, 0.3) is 16.9 Å². The molecule has 2 aliphatic rings. The summed E-state index contributed by atoms with van der Waals surface area (Å²) < 4.78 is 7.19. The van der Waals surface area contributed by atoms with Crippen molar-refractivity contribution in [2.24, 2.45) is 0 Å². The molecular weight excluding hydrogens is 396 g/mol. The van der Waals surface area contributed by atoms with Gasteiger partial charge >= 0.3 is 0 Å². The van der Waals surface area contributed by atoms with E-state index in [4.69, 9.17) is 4.74 Å². The van der Waals surface area contributed by atoms with Crippen molar-refractivity contribution in [3.05, 3.63) is 54.4 Å². The highest BCUT2D eigenvalue weighted by Gasteiger charge is 2.50. The molecule has 1 amide bonds. The van der Waals surface area contributed by atoms with Crippen molar-refractivity contribution in [2.45, 2.75) is 24.7 Å². The van der Waals surface area contributed by atoms with E-state index in [2.05, 4.69) is 4.98 Å². The number of carbonyl (C=O) groups is 1. The highest BCUT2D eigenvalue weighted by Crippen LogP contribution is 2.37. The number of fused-ring (bicyclic) bond motifs is 1. The average Bonchev–Trinajstić information content (AvgIpc) is 3.42. The Labute approximate surface area is 180 Å². The molecule has 1 aliphatic carbocycles. The molecule has 2 aromatic heterocycles. The Hall–Kier alpha value is -2.94. The minimum Gasteiger partial charge on any atom is -0.495 e. The molecule has 0 bridgehead atoms. The first-order valence-corrected chi connectivity index (χ1v) is 10.5. The van der Waals surface area contributed by atoms with Gasteiger partial charge < -0.3 is 24.3 Å². The fraction of sp³-hybridized carbons (Fsp3) is 0.391. The van der Waals surface area contributed by atoms with Crippen LogP contribution >= 0.6 is 0 Å². The molecule has 3 aromatic rings. The lowest BCUT2D eigenvalue weighted by molar-refractivity contribution is -0.146. The Morgan fingerprint density at radius 2 is 1.77 bits per heavy atom. The zero-order chi connectivity index (χ0) is 21.6. The molecule has 8 heteroatoms. The Kier molecular flexibility index (Phi) is 4.92. The molecule has 5 rings (SSSR count). The molecular formula is C23H26N4O4. The third kappa shape index (κ3) is 3.78. The summed E-state index contributed by atoms with van der Waals surface area (Å²) in [5.74, 6) is 0.596. The Bertz CT molecular complexity index is 1100. The third-order valence-corrected chi connectivity index (χ3v) is 6.23. The summed E-state index contributed by atoms with van der Waals surface area (Å²) in [7, 11) is 1.64. The summed E-state index contributed by atoms with van der Waals surface area (Å²) in [4.78, 5) is 20.6. The second kappa shape index (κ2) is 7.64. The van der Waals surface area contributed by atoms with Gasteiger partial charge in [-0.2, -0.15) is 0 Å². The summed E-state index contributed by atoms with van der Waals surface area (Å²) in [6.45, 7) is 2.17. The number of benzene rings is 1. The van der Waals surface area contributed by atoms with Gasteiger partial charge in [0.15, 0.2) is 0 Å². The standard InChI is InChI=1S/C23H26N4O4/c1-31-18-6-7-20-24-19(15-27(20)14-18)16-2-4-17(5-3-16)21(28)25-10-12-26(13-11-25)22(29)23(30)8-9-23/h2-7,14-15,21,28,30H,8-13H2,1H3. The Morgan fingerprint density at radius 1 is 1.06 bits per heavy atom. The van der Waals surface area contributed by atoms with Crippen LogP contribution in [0.2, 0.25) is 0 Å². The second-order valence-corrected chi connectivity index (χ2v) is 8.32. The number of hydrogen-bond acceptors (Lipinski definition) is 6. The van der Waals surface area contributed by atoms with Crippen molar-refractivity contribution >= 4 is 11.6 Å². The van der Waals surface area contributed by atoms with Crippen LogP contribution in [0.15, 0.2) is 48.8 Å². The number of aromatic nitrogens is 2. The fourth-order valence-electron chi connectivity index (χ4n) is 4.06. The van der Waals surface area contributed by atoms with Gasteiger partial charge in [0.05, 0.1) is 19.0 Å². The topological polar surface area (TPSA) is 90.5 Å². The minimum atomic E-state index is -1.13. The van der Waals surface area contributed by atoms with Crippen molar-refractivity contribution in [1.82, 2.24) is 19.2 Å². The van der Waals surface area contributed by atoms with E-state index in [9.17, 15) is 15.0 Å². The maximum Gasteiger partial charge on any atom is 0.254 e. The van der Waals surface area contributed by atoms with E-state index in [0.717, 1.165) is 28.2 Å². The molecule has 162 valence electrons. The third-order valence-electron chi connectivity index (χ3n) is 6.23. The lowest BCUT2D eigenvalue weighted by Crippen LogP contribution is -2.52. The van der Waals surface area contributed by atoms with Crippen molar-refractivity contribution in [3.8, 4) is 17.0 Å². The van der Waals surface area contributed by atoms with Gasteiger partial charge in [-0.3, -0.25) is 9.69 Å². The zero-order valence-corrected chi connectivity index (χ0v) is 17.4. The van der Waals surface area contributed by atoms with Crippen molar-refractivity contribution in [3.63, 3.8) is 0 Å². The molecule has 1 saturated heterocycles. The smallest absolute Gasteiger partial charge is 0.254 e. The van der Waals surface area contributed by atoms with Gasteiger partial charge in [-0.15, -0.1) is 0 Å². The van der Waals surface area contributed by atoms with Gasteiger partial charge in [-0.25, -0.2) is 4.98 Å². The van der Waals surface area contributed by atoms with E-state index in [1.807, 2.05) is 58.1 Å². The van der Waals surface area contributed by atoms with E-state index in [1.165, 1.54) is 0 Å². The zero-order valence-electron chi connectivity index (χ0n) is 17.4. The lowest BCUT2D eigenvalue weighted by Gasteiger charge is -2.38. The summed E-state index contributed by atoms with van der Waals surface area (Å²) in [6, 6.07) is 11.5. The maximum atomic E-state index is 12.3. The molecule has 1 atom stereocenters. The van der Waals surface area contributed by atoms with Crippen molar-refractivity contribution in [2.75, 3.05) is 33.3 Å². The minimum absolute atomic E-state index is 0.170. The van der Waals surface area contributed by atoms with Gasteiger partial charge in [0.1, 0.15) is 23.2 Å². The average molecular weight is 422 g/mol. The fourth-order valence-corrected chi connectivity index (χ4v) is 4.06. The molecule has 31 heavy (non-hydrogen) atoms. The van der Waals surface area contributed by atoms with E-state index in [-0.39, 0.29) is 5.91 Å². The number of imidazole rings is 1. The lowest BCUT2D eigenvalue weighted by atomic mass is 10.1. The van der Waals surface area contributed by atoms with Gasteiger partial charge in [0, 0.05) is 37.9 Å². The largest absolute Gasteiger partial charge is 0.495 e. The number of rotatable bonds is 5. The molecule has 1 saturated carbocycles. The van der Waals surface area contributed by atoms with E-state index < -0.39 is 11.8 Å². The highest BCUT2D eigenvalue weighted by molar-refractivity contribution is 5.87. The number of nitrogens with zero attached hydrogens (tertiary/aromatic N) is 4. The van der Waals surface area contributed by atoms with Crippen molar-refractivity contribution in [1.29, 1.82) is 0 Å². The molecule has 0 spiro atoms. The predicted molar refractivity (Wildman–Crippen MR) is 114 cm³/mol. The molecule has 3 heterocycles. The van der Waals surface area contributed by atoms with Crippen LogP contribution in [0.4, 0.5) is 0 Å². The Morgan fingerprint density at radius 3 is 2.42 bits per heavy atom.